The van der Waals surface area contributed by atoms with Gasteiger partial charge >= 0.3 is 11.9 Å². The van der Waals surface area contributed by atoms with Crippen LogP contribution in [-0.2, 0) is 9.47 Å². The van der Waals surface area contributed by atoms with Gasteiger partial charge in [0.1, 0.15) is 5.71 Å². The van der Waals surface area contributed by atoms with Gasteiger partial charge in [0.15, 0.2) is 11.4 Å². The summed E-state index contributed by atoms with van der Waals surface area (Å²) >= 11 is 6.17. The Morgan fingerprint density at radius 1 is 1.03 bits per heavy atom. The highest BCUT2D eigenvalue weighted by molar-refractivity contribution is 6.31. The molecule has 0 saturated heterocycles. The maximum Gasteiger partial charge on any atom is 0.358 e. The van der Waals surface area contributed by atoms with E-state index < -0.39 is 11.9 Å². The molecule has 1 N–H and O–H groups in total. The van der Waals surface area contributed by atoms with Crippen LogP contribution in [0.4, 0.5) is 0 Å². The van der Waals surface area contributed by atoms with Gasteiger partial charge in [-0.1, -0.05) is 47.1 Å². The highest BCUT2D eigenvalue weighted by Crippen LogP contribution is 2.25. The maximum atomic E-state index is 12.3. The van der Waals surface area contributed by atoms with E-state index in [0.717, 1.165) is 0 Å². The quantitative estimate of drug-likeness (QED) is 0.298. The smallest absolute Gasteiger partial charge is 0.358 e. The predicted molar refractivity (Wildman–Crippen MR) is 105 cm³/mol. The summed E-state index contributed by atoms with van der Waals surface area (Å²) in [6.45, 7) is 0. The summed E-state index contributed by atoms with van der Waals surface area (Å²) in [4.78, 5) is 24.2. The first-order valence-electron chi connectivity index (χ1n) is 8.34. The van der Waals surface area contributed by atoms with E-state index in [1.165, 1.54) is 25.0 Å². The fraction of sp³-hybridized carbons (Fsp3) is 0.100. The molecule has 0 amide bonds. The van der Waals surface area contributed by atoms with Crippen molar-refractivity contribution in [2.24, 2.45) is 5.16 Å². The van der Waals surface area contributed by atoms with E-state index >= 15 is 0 Å². The number of hydrogen-bond donors (Lipinski definition) is 1. The maximum absolute atomic E-state index is 12.3. The topological polar surface area (TPSA) is 103 Å². The SMILES string of the molecule is COC(=O)c1cc(C(=O)OC)n(-c2ccc(Cl)cc2/C(=N/O)c2ccccc2)n1. The number of esters is 2. The van der Waals surface area contributed by atoms with Gasteiger partial charge in [0.25, 0.3) is 0 Å². The van der Waals surface area contributed by atoms with Gasteiger partial charge < -0.3 is 14.7 Å². The number of rotatable bonds is 5. The predicted octanol–water partition coefficient (Wildman–Crippen LogP) is 3.33. The summed E-state index contributed by atoms with van der Waals surface area (Å²) in [6, 6.07) is 14.9. The zero-order valence-electron chi connectivity index (χ0n) is 15.5. The molecule has 0 aliphatic heterocycles. The van der Waals surface area contributed by atoms with Gasteiger partial charge in [-0.15, -0.1) is 0 Å². The summed E-state index contributed by atoms with van der Waals surface area (Å²) in [5, 5.41) is 17.7. The lowest BCUT2D eigenvalue weighted by Crippen LogP contribution is -2.15. The summed E-state index contributed by atoms with van der Waals surface area (Å²) < 4.78 is 10.7. The van der Waals surface area contributed by atoms with Crippen molar-refractivity contribution < 1.29 is 24.3 Å². The highest BCUT2D eigenvalue weighted by atomic mass is 35.5. The number of ether oxygens (including phenoxy) is 2. The lowest BCUT2D eigenvalue weighted by molar-refractivity contribution is 0.0585. The van der Waals surface area contributed by atoms with Gasteiger partial charge in [-0.25, -0.2) is 14.3 Å². The standard InChI is InChI=1S/C20H16ClN3O5/c1-28-19(25)15-11-17(20(26)29-2)24(22-15)16-9-8-13(21)10-14(16)18(23-27)12-6-4-3-5-7-12/h3-11,27H,1-2H3/b23-18+. The molecule has 0 atom stereocenters. The van der Waals surface area contributed by atoms with Crippen LogP contribution in [0, 0.1) is 0 Å². The second kappa shape index (κ2) is 8.57. The van der Waals surface area contributed by atoms with E-state index in [2.05, 4.69) is 15.0 Å². The minimum Gasteiger partial charge on any atom is -0.464 e. The first kappa shape index (κ1) is 20.1. The van der Waals surface area contributed by atoms with Gasteiger partial charge in [0.2, 0.25) is 0 Å². The van der Waals surface area contributed by atoms with E-state index in [1.807, 2.05) is 6.07 Å². The van der Waals surface area contributed by atoms with Crippen LogP contribution in [0.15, 0.2) is 59.8 Å². The van der Waals surface area contributed by atoms with Gasteiger partial charge in [-0.2, -0.15) is 5.10 Å². The van der Waals surface area contributed by atoms with Crippen LogP contribution >= 0.6 is 11.6 Å². The molecule has 1 heterocycles. The van der Waals surface area contributed by atoms with Crippen LogP contribution in [0.25, 0.3) is 5.69 Å². The van der Waals surface area contributed by atoms with Crippen LogP contribution in [0.2, 0.25) is 5.02 Å². The Morgan fingerprint density at radius 3 is 2.34 bits per heavy atom. The second-order valence-corrected chi connectivity index (χ2v) is 6.22. The molecule has 0 spiro atoms. The Kier molecular flexibility index (Phi) is 5.94. The van der Waals surface area contributed by atoms with Crippen LogP contribution < -0.4 is 0 Å². The van der Waals surface area contributed by atoms with E-state index in [4.69, 9.17) is 16.3 Å². The molecule has 2 aromatic carbocycles. The minimum absolute atomic E-state index is 0.0122. The van der Waals surface area contributed by atoms with Crippen molar-refractivity contribution in [3.63, 3.8) is 0 Å². The zero-order valence-corrected chi connectivity index (χ0v) is 16.3. The Hall–Kier alpha value is -3.65. The van der Waals surface area contributed by atoms with Crippen LogP contribution in [0.5, 0.6) is 0 Å². The van der Waals surface area contributed by atoms with Crippen molar-refractivity contribution in [1.82, 2.24) is 9.78 Å². The molecule has 29 heavy (non-hydrogen) atoms. The number of hydrogen-bond acceptors (Lipinski definition) is 7. The number of nitrogens with zero attached hydrogens (tertiary/aromatic N) is 3. The number of oxime groups is 1. The summed E-state index contributed by atoms with van der Waals surface area (Å²) in [7, 11) is 2.42. The first-order chi connectivity index (χ1) is 14.0. The molecule has 0 unspecified atom stereocenters. The zero-order chi connectivity index (χ0) is 21.0. The van der Waals surface area contributed by atoms with E-state index in [9.17, 15) is 14.8 Å². The Labute approximate surface area is 170 Å². The molecule has 0 aliphatic rings. The molecule has 8 nitrogen and oxygen atoms in total. The third kappa shape index (κ3) is 3.97. The number of methoxy groups -OCH3 is 2. The van der Waals surface area contributed by atoms with E-state index in [1.54, 1.807) is 42.5 Å². The molecule has 0 fully saturated rings. The number of benzene rings is 2. The fourth-order valence-corrected chi connectivity index (χ4v) is 2.94. The van der Waals surface area contributed by atoms with Gasteiger partial charge in [0, 0.05) is 22.2 Å². The van der Waals surface area contributed by atoms with Crippen molar-refractivity contribution in [1.29, 1.82) is 0 Å². The molecule has 148 valence electrons. The molecule has 3 rings (SSSR count). The molecule has 1 aromatic heterocycles. The fourth-order valence-electron chi connectivity index (χ4n) is 2.76. The first-order valence-corrected chi connectivity index (χ1v) is 8.72. The number of halogens is 1. The van der Waals surface area contributed by atoms with Crippen LogP contribution in [-0.4, -0.2) is 46.9 Å². The van der Waals surface area contributed by atoms with Gasteiger partial charge in [0.05, 0.1) is 19.9 Å². The van der Waals surface area contributed by atoms with Crippen molar-refractivity contribution >= 4 is 29.3 Å². The third-order valence-corrected chi connectivity index (χ3v) is 4.32. The molecule has 0 bridgehead atoms. The Balaban J connectivity index is 2.26. The normalized spacial score (nSPS) is 11.2. The van der Waals surface area contributed by atoms with Crippen LogP contribution in [0.3, 0.4) is 0 Å². The van der Waals surface area contributed by atoms with E-state index in [-0.39, 0.29) is 17.1 Å². The lowest BCUT2D eigenvalue weighted by Gasteiger charge is -2.13. The largest absolute Gasteiger partial charge is 0.464 e. The average molecular weight is 414 g/mol. The van der Waals surface area contributed by atoms with Gasteiger partial charge in [-0.05, 0) is 18.2 Å². The minimum atomic E-state index is -0.719. The van der Waals surface area contributed by atoms with Crippen molar-refractivity contribution in [2.75, 3.05) is 14.2 Å². The Bertz CT molecular complexity index is 1090. The number of carbonyl (C=O) groups excluding carboxylic acids is 2. The molecule has 0 radical (unpaired) electrons. The monoisotopic (exact) mass is 413 g/mol. The van der Waals surface area contributed by atoms with E-state index in [0.29, 0.717) is 21.8 Å². The van der Waals surface area contributed by atoms with Crippen molar-refractivity contribution in [2.45, 2.75) is 0 Å². The molecule has 9 heteroatoms. The molecular formula is C20H16ClN3O5. The van der Waals surface area contributed by atoms with Gasteiger partial charge in [-0.3, -0.25) is 0 Å². The third-order valence-electron chi connectivity index (χ3n) is 4.09. The summed E-state index contributed by atoms with van der Waals surface area (Å²) in [5.74, 6) is -1.43. The number of carbonyl (C=O) groups is 2. The van der Waals surface area contributed by atoms with Crippen molar-refractivity contribution in [3.05, 3.63) is 82.1 Å². The Morgan fingerprint density at radius 2 is 1.72 bits per heavy atom. The molecular weight excluding hydrogens is 398 g/mol. The van der Waals surface area contributed by atoms with Crippen molar-refractivity contribution in [3.8, 4) is 5.69 Å². The summed E-state index contributed by atoms with van der Waals surface area (Å²) in [5.41, 5.74) is 1.45. The highest BCUT2D eigenvalue weighted by Gasteiger charge is 2.24. The average Bonchev–Trinajstić information content (AvgIpc) is 3.19. The molecule has 0 saturated carbocycles. The second-order valence-electron chi connectivity index (χ2n) is 5.79. The lowest BCUT2D eigenvalue weighted by atomic mass is 10.0. The molecule has 3 aromatic rings. The molecule has 0 aliphatic carbocycles. The van der Waals surface area contributed by atoms with Crippen LogP contribution in [0.1, 0.15) is 32.1 Å². The number of aromatic nitrogens is 2. The summed E-state index contributed by atoms with van der Waals surface area (Å²) in [6.07, 6.45) is 0.